The lowest BCUT2D eigenvalue weighted by Crippen LogP contribution is -2.48. The Hall–Kier alpha value is -2.15. The van der Waals surface area contributed by atoms with Gasteiger partial charge in [-0.3, -0.25) is 19.1 Å². The molecule has 1 aliphatic heterocycles. The molecule has 0 aliphatic carbocycles. The highest BCUT2D eigenvalue weighted by molar-refractivity contribution is 5.92. The molecule has 0 aromatic carbocycles. The van der Waals surface area contributed by atoms with Crippen molar-refractivity contribution in [2.24, 2.45) is 7.05 Å². The van der Waals surface area contributed by atoms with Gasteiger partial charge in [0.25, 0.3) is 5.91 Å². The van der Waals surface area contributed by atoms with Crippen LogP contribution in [0.2, 0.25) is 0 Å². The number of hydrogen-bond acceptors (Lipinski definition) is 4. The lowest BCUT2D eigenvalue weighted by atomic mass is 10.1. The lowest BCUT2D eigenvalue weighted by molar-refractivity contribution is 0.0896. The van der Waals surface area contributed by atoms with E-state index in [1.165, 1.54) is 0 Å². The zero-order chi connectivity index (χ0) is 16.2. The molecule has 124 valence electrons. The normalized spacial score (nSPS) is 19.0. The first-order valence-corrected chi connectivity index (χ1v) is 8.13. The molecule has 1 atom stereocenters. The van der Waals surface area contributed by atoms with Crippen molar-refractivity contribution in [1.29, 1.82) is 0 Å². The summed E-state index contributed by atoms with van der Waals surface area (Å²) in [5.41, 5.74) is 1.48. The Morgan fingerprint density at radius 2 is 2.30 bits per heavy atom. The number of aryl methyl sites for hydroxylation is 2. The number of rotatable bonds is 5. The number of nitrogens with zero attached hydrogens (tertiary/aromatic N) is 5. The van der Waals surface area contributed by atoms with Crippen molar-refractivity contribution in [3.05, 3.63) is 35.9 Å². The van der Waals surface area contributed by atoms with Gasteiger partial charge in [0.2, 0.25) is 0 Å². The zero-order valence-electron chi connectivity index (χ0n) is 13.8. The fourth-order valence-electron chi connectivity index (χ4n) is 2.98. The number of likely N-dealkylation sites (tertiary alicyclic amines) is 1. The molecule has 7 nitrogen and oxygen atoms in total. The second-order valence-electron chi connectivity index (χ2n) is 6.18. The average molecular weight is 316 g/mol. The summed E-state index contributed by atoms with van der Waals surface area (Å²) >= 11 is 0. The molecule has 1 unspecified atom stereocenters. The van der Waals surface area contributed by atoms with Crippen molar-refractivity contribution in [3.8, 4) is 0 Å². The number of carbonyl (C=O) groups is 1. The lowest BCUT2D eigenvalue weighted by Gasteiger charge is -2.32. The van der Waals surface area contributed by atoms with E-state index in [2.05, 4.69) is 20.4 Å². The van der Waals surface area contributed by atoms with E-state index in [4.69, 9.17) is 0 Å². The van der Waals surface area contributed by atoms with Crippen LogP contribution in [0.4, 0.5) is 0 Å². The van der Waals surface area contributed by atoms with Gasteiger partial charge in [-0.25, -0.2) is 0 Å². The SMILES string of the molecule is Cc1cc(C(=O)NC2CCCN(CCn3cccn3)C2)nn1C. The van der Waals surface area contributed by atoms with Crippen LogP contribution < -0.4 is 5.32 Å². The first-order chi connectivity index (χ1) is 11.1. The van der Waals surface area contributed by atoms with Crippen molar-refractivity contribution in [2.45, 2.75) is 32.4 Å². The van der Waals surface area contributed by atoms with E-state index < -0.39 is 0 Å². The standard InChI is InChI=1S/C16H24N6O/c1-13-11-15(19-20(13)2)16(23)18-14-5-3-7-21(12-14)9-10-22-8-4-6-17-22/h4,6,8,11,14H,3,5,7,9-10,12H2,1-2H3,(H,18,23). The topological polar surface area (TPSA) is 68.0 Å². The minimum absolute atomic E-state index is 0.0763. The van der Waals surface area contributed by atoms with Gasteiger partial charge in [0.15, 0.2) is 0 Å². The van der Waals surface area contributed by atoms with Gasteiger partial charge in [-0.15, -0.1) is 0 Å². The third kappa shape index (κ3) is 3.98. The van der Waals surface area contributed by atoms with Crippen LogP contribution in [-0.2, 0) is 13.6 Å². The highest BCUT2D eigenvalue weighted by Gasteiger charge is 2.22. The molecule has 1 fully saturated rings. The highest BCUT2D eigenvalue weighted by Crippen LogP contribution is 2.11. The van der Waals surface area contributed by atoms with Gasteiger partial charge in [0, 0.05) is 44.3 Å². The van der Waals surface area contributed by atoms with Gasteiger partial charge >= 0.3 is 0 Å². The third-order valence-electron chi connectivity index (χ3n) is 4.39. The first kappa shape index (κ1) is 15.7. The Balaban J connectivity index is 1.50. The Labute approximate surface area is 136 Å². The number of hydrogen-bond donors (Lipinski definition) is 1. The van der Waals surface area contributed by atoms with Crippen LogP contribution in [-0.4, -0.2) is 56.0 Å². The summed E-state index contributed by atoms with van der Waals surface area (Å²) in [4.78, 5) is 14.7. The molecule has 3 rings (SSSR count). The van der Waals surface area contributed by atoms with E-state index in [-0.39, 0.29) is 11.9 Å². The molecule has 3 heterocycles. The quantitative estimate of drug-likeness (QED) is 0.887. The fourth-order valence-corrected chi connectivity index (χ4v) is 2.98. The van der Waals surface area contributed by atoms with Gasteiger partial charge in [-0.05, 0) is 38.4 Å². The molecular formula is C16H24N6O. The maximum Gasteiger partial charge on any atom is 0.272 e. The van der Waals surface area contributed by atoms with Crippen molar-refractivity contribution in [1.82, 2.24) is 29.8 Å². The molecule has 1 N–H and O–H groups in total. The molecule has 0 saturated carbocycles. The van der Waals surface area contributed by atoms with Gasteiger partial charge in [-0.1, -0.05) is 0 Å². The molecule has 1 amide bonds. The van der Waals surface area contributed by atoms with Gasteiger partial charge < -0.3 is 5.32 Å². The molecule has 0 bridgehead atoms. The van der Waals surface area contributed by atoms with Crippen LogP contribution in [0.5, 0.6) is 0 Å². The Bertz CT molecular complexity index is 628. The van der Waals surface area contributed by atoms with Crippen LogP contribution in [0.3, 0.4) is 0 Å². The number of nitrogens with one attached hydrogen (secondary N) is 1. The molecule has 23 heavy (non-hydrogen) atoms. The second-order valence-corrected chi connectivity index (χ2v) is 6.18. The molecule has 2 aromatic heterocycles. The van der Waals surface area contributed by atoms with E-state index in [0.29, 0.717) is 5.69 Å². The molecule has 1 aliphatic rings. The van der Waals surface area contributed by atoms with Gasteiger partial charge in [0.05, 0.1) is 6.54 Å². The second kappa shape index (κ2) is 6.95. The van der Waals surface area contributed by atoms with Crippen LogP contribution in [0.25, 0.3) is 0 Å². The summed E-state index contributed by atoms with van der Waals surface area (Å²) in [6.45, 7) is 5.75. The monoisotopic (exact) mass is 316 g/mol. The number of amides is 1. The van der Waals surface area contributed by atoms with Gasteiger partial charge in [-0.2, -0.15) is 10.2 Å². The molecule has 0 radical (unpaired) electrons. The van der Waals surface area contributed by atoms with Gasteiger partial charge in [0.1, 0.15) is 5.69 Å². The van der Waals surface area contributed by atoms with Crippen LogP contribution in [0.15, 0.2) is 24.5 Å². The Kier molecular flexibility index (Phi) is 4.76. The number of carbonyl (C=O) groups excluding carboxylic acids is 1. The summed E-state index contributed by atoms with van der Waals surface area (Å²) < 4.78 is 3.67. The van der Waals surface area contributed by atoms with E-state index in [1.807, 2.05) is 37.0 Å². The van der Waals surface area contributed by atoms with E-state index in [0.717, 1.165) is 44.7 Å². The van der Waals surface area contributed by atoms with Crippen molar-refractivity contribution < 1.29 is 4.79 Å². The van der Waals surface area contributed by atoms with Crippen molar-refractivity contribution in [2.75, 3.05) is 19.6 Å². The van der Waals surface area contributed by atoms with E-state index in [1.54, 1.807) is 10.9 Å². The fraction of sp³-hybridized carbons (Fsp3) is 0.562. The molecule has 0 spiro atoms. The van der Waals surface area contributed by atoms with E-state index in [9.17, 15) is 4.79 Å². The molecule has 1 saturated heterocycles. The summed E-state index contributed by atoms with van der Waals surface area (Å²) in [6, 6.07) is 3.96. The summed E-state index contributed by atoms with van der Waals surface area (Å²) in [6.07, 6.45) is 5.90. The average Bonchev–Trinajstić information content (AvgIpc) is 3.16. The summed E-state index contributed by atoms with van der Waals surface area (Å²) in [5.74, 6) is -0.0763. The highest BCUT2D eigenvalue weighted by atomic mass is 16.2. The molecule has 7 heteroatoms. The maximum atomic E-state index is 12.3. The smallest absolute Gasteiger partial charge is 0.272 e. The molecule has 2 aromatic rings. The van der Waals surface area contributed by atoms with Crippen molar-refractivity contribution in [3.63, 3.8) is 0 Å². The summed E-state index contributed by atoms with van der Waals surface area (Å²) in [7, 11) is 1.85. The number of piperidine rings is 1. The van der Waals surface area contributed by atoms with E-state index >= 15 is 0 Å². The predicted molar refractivity (Wildman–Crippen MR) is 87.1 cm³/mol. The van der Waals surface area contributed by atoms with Crippen LogP contribution in [0.1, 0.15) is 29.0 Å². The minimum atomic E-state index is -0.0763. The minimum Gasteiger partial charge on any atom is -0.347 e. The maximum absolute atomic E-state index is 12.3. The van der Waals surface area contributed by atoms with Crippen LogP contribution in [0, 0.1) is 6.92 Å². The summed E-state index contributed by atoms with van der Waals surface area (Å²) in [5, 5.41) is 11.6. The molecular weight excluding hydrogens is 292 g/mol. The Morgan fingerprint density at radius 1 is 1.43 bits per heavy atom. The first-order valence-electron chi connectivity index (χ1n) is 8.13. The Morgan fingerprint density at radius 3 is 3.00 bits per heavy atom. The zero-order valence-corrected chi connectivity index (χ0v) is 13.8. The predicted octanol–water partition coefficient (Wildman–Crippen LogP) is 0.819. The largest absolute Gasteiger partial charge is 0.347 e. The van der Waals surface area contributed by atoms with Crippen LogP contribution >= 0.6 is 0 Å². The van der Waals surface area contributed by atoms with Crippen molar-refractivity contribution >= 4 is 5.91 Å². The number of aromatic nitrogens is 4. The third-order valence-corrected chi connectivity index (χ3v) is 4.39.